The fourth-order valence-electron chi connectivity index (χ4n) is 3.05. The zero-order chi connectivity index (χ0) is 13.0. The summed E-state index contributed by atoms with van der Waals surface area (Å²) >= 11 is 2.00. The first-order valence-corrected chi connectivity index (χ1v) is 7.64. The molecule has 18 heavy (non-hydrogen) atoms. The van der Waals surface area contributed by atoms with E-state index in [1.165, 1.54) is 12.8 Å². The van der Waals surface area contributed by atoms with Gasteiger partial charge >= 0.3 is 5.97 Å². The number of rotatable bonds is 7. The second-order valence-electron chi connectivity index (χ2n) is 5.16. The largest absolute Gasteiger partial charge is 0.481 e. The van der Waals surface area contributed by atoms with E-state index in [-0.39, 0.29) is 12.3 Å². The van der Waals surface area contributed by atoms with Crippen molar-refractivity contribution in [3.8, 4) is 0 Å². The van der Waals surface area contributed by atoms with Crippen LogP contribution in [0.2, 0.25) is 0 Å². The van der Waals surface area contributed by atoms with Gasteiger partial charge in [0.05, 0.1) is 0 Å². The maximum Gasteiger partial charge on any atom is 0.303 e. The van der Waals surface area contributed by atoms with Gasteiger partial charge in [0.25, 0.3) is 0 Å². The number of unbranched alkanes of at least 4 members (excludes halogenated alkanes) is 1. The number of carboxylic acids is 1. The van der Waals surface area contributed by atoms with E-state index in [0.29, 0.717) is 22.8 Å². The number of aldehydes is 1. The molecule has 4 heteroatoms. The van der Waals surface area contributed by atoms with Gasteiger partial charge in [0.15, 0.2) is 0 Å². The third kappa shape index (κ3) is 3.16. The van der Waals surface area contributed by atoms with Gasteiger partial charge in [-0.1, -0.05) is 12.2 Å². The van der Waals surface area contributed by atoms with Crippen LogP contribution in [0, 0.1) is 11.8 Å². The Labute approximate surface area is 112 Å². The number of thioether (sulfide) groups is 1. The van der Waals surface area contributed by atoms with E-state index < -0.39 is 5.97 Å². The molecule has 4 atom stereocenters. The lowest BCUT2D eigenvalue weighted by molar-refractivity contribution is -0.137. The van der Waals surface area contributed by atoms with Crippen LogP contribution in [0.3, 0.4) is 0 Å². The number of aliphatic carboxylic acids is 1. The Morgan fingerprint density at radius 1 is 1.28 bits per heavy atom. The topological polar surface area (TPSA) is 54.4 Å². The molecule has 2 rings (SSSR count). The molecule has 0 aromatic carbocycles. The van der Waals surface area contributed by atoms with E-state index in [2.05, 4.69) is 12.2 Å². The van der Waals surface area contributed by atoms with Crippen LogP contribution < -0.4 is 0 Å². The summed E-state index contributed by atoms with van der Waals surface area (Å²) in [6.45, 7) is 0. The van der Waals surface area contributed by atoms with Crippen LogP contribution in [0.4, 0.5) is 0 Å². The molecule has 0 unspecified atom stereocenters. The van der Waals surface area contributed by atoms with Gasteiger partial charge in [0.2, 0.25) is 0 Å². The Morgan fingerprint density at radius 3 is 2.78 bits per heavy atom. The molecular formula is C14H20O3S. The van der Waals surface area contributed by atoms with Crippen LogP contribution in [0.15, 0.2) is 12.2 Å². The zero-order valence-corrected chi connectivity index (χ0v) is 11.3. The van der Waals surface area contributed by atoms with Crippen molar-refractivity contribution < 1.29 is 14.7 Å². The average molecular weight is 268 g/mol. The van der Waals surface area contributed by atoms with E-state index >= 15 is 0 Å². The summed E-state index contributed by atoms with van der Waals surface area (Å²) in [6, 6.07) is 0. The molecule has 2 fully saturated rings. The Morgan fingerprint density at radius 2 is 2.06 bits per heavy atom. The summed E-state index contributed by atoms with van der Waals surface area (Å²) in [4.78, 5) is 21.5. The first kappa shape index (κ1) is 13.7. The quantitative estimate of drug-likeness (QED) is 0.438. The third-order valence-corrected chi connectivity index (χ3v) is 5.81. The van der Waals surface area contributed by atoms with E-state index in [1.807, 2.05) is 11.8 Å². The SMILES string of the molecule is O=C[C@@H]1[C@@H](C/C=C\CCCC(=O)O)[C@H]2CC[C@H]1S2. The summed E-state index contributed by atoms with van der Waals surface area (Å²) < 4.78 is 0. The number of fused-ring (bicyclic) bond motifs is 2. The molecule has 2 aliphatic rings. The highest BCUT2D eigenvalue weighted by Gasteiger charge is 2.47. The van der Waals surface area contributed by atoms with Crippen molar-refractivity contribution in [2.24, 2.45) is 11.8 Å². The second kappa shape index (κ2) is 6.41. The molecule has 0 spiro atoms. The number of carboxylic acid groups (broad SMARTS) is 1. The molecule has 100 valence electrons. The molecule has 0 aliphatic carbocycles. The molecule has 0 aromatic rings. The molecule has 2 bridgehead atoms. The van der Waals surface area contributed by atoms with Gasteiger partial charge in [0, 0.05) is 22.8 Å². The number of hydrogen-bond acceptors (Lipinski definition) is 3. The predicted octanol–water partition coefficient (Wildman–Crippen LogP) is 2.90. The van der Waals surface area contributed by atoms with Gasteiger partial charge in [0.1, 0.15) is 6.29 Å². The van der Waals surface area contributed by atoms with Crippen molar-refractivity contribution in [3.63, 3.8) is 0 Å². The summed E-state index contributed by atoms with van der Waals surface area (Å²) in [5.41, 5.74) is 0. The lowest BCUT2D eigenvalue weighted by Gasteiger charge is -2.24. The van der Waals surface area contributed by atoms with E-state index in [1.54, 1.807) is 0 Å². The normalized spacial score (nSPS) is 34.2. The minimum absolute atomic E-state index is 0.241. The van der Waals surface area contributed by atoms with Gasteiger partial charge in [-0.25, -0.2) is 0 Å². The van der Waals surface area contributed by atoms with Crippen LogP contribution in [-0.2, 0) is 9.59 Å². The Kier molecular flexibility index (Phi) is 4.87. The van der Waals surface area contributed by atoms with Gasteiger partial charge in [-0.05, 0) is 38.0 Å². The monoisotopic (exact) mass is 268 g/mol. The van der Waals surface area contributed by atoms with Crippen molar-refractivity contribution in [3.05, 3.63) is 12.2 Å². The molecule has 0 radical (unpaired) electrons. The van der Waals surface area contributed by atoms with Crippen molar-refractivity contribution in [2.75, 3.05) is 0 Å². The van der Waals surface area contributed by atoms with Crippen molar-refractivity contribution >= 4 is 24.0 Å². The van der Waals surface area contributed by atoms with Crippen LogP contribution in [0.1, 0.15) is 38.5 Å². The molecule has 2 heterocycles. The van der Waals surface area contributed by atoms with E-state index in [4.69, 9.17) is 5.11 Å². The smallest absolute Gasteiger partial charge is 0.303 e. The Bertz CT molecular complexity index is 340. The molecule has 0 saturated carbocycles. The minimum Gasteiger partial charge on any atom is -0.481 e. The van der Waals surface area contributed by atoms with E-state index in [9.17, 15) is 9.59 Å². The number of allylic oxidation sites excluding steroid dienone is 2. The standard InChI is InChI=1S/C14H20O3S/c15-9-11-10(12-7-8-13(11)18-12)5-3-1-2-4-6-14(16)17/h1,3,9-13H,2,4-8H2,(H,16,17)/b3-1-/t10-,11-,12-,13-/m1/s1. The molecule has 2 aliphatic heterocycles. The second-order valence-corrected chi connectivity index (χ2v) is 6.64. The summed E-state index contributed by atoms with van der Waals surface area (Å²) in [6.07, 6.45) is 10.6. The van der Waals surface area contributed by atoms with Gasteiger partial charge in [-0.15, -0.1) is 0 Å². The zero-order valence-electron chi connectivity index (χ0n) is 10.5. The van der Waals surface area contributed by atoms with Crippen molar-refractivity contribution in [1.29, 1.82) is 0 Å². The average Bonchev–Trinajstić information content (AvgIpc) is 2.93. The number of carbonyl (C=O) groups excluding carboxylic acids is 1. The van der Waals surface area contributed by atoms with Crippen molar-refractivity contribution in [2.45, 2.75) is 49.0 Å². The predicted molar refractivity (Wildman–Crippen MR) is 72.7 cm³/mol. The van der Waals surface area contributed by atoms with Crippen LogP contribution in [0.25, 0.3) is 0 Å². The molecule has 0 aromatic heterocycles. The molecule has 1 N–H and O–H groups in total. The fourth-order valence-corrected chi connectivity index (χ4v) is 4.99. The molecule has 0 amide bonds. The lowest BCUT2D eigenvalue weighted by atomic mass is 9.78. The highest BCUT2D eigenvalue weighted by molar-refractivity contribution is 8.01. The van der Waals surface area contributed by atoms with Crippen LogP contribution in [0.5, 0.6) is 0 Å². The Balaban J connectivity index is 1.71. The molecule has 3 nitrogen and oxygen atoms in total. The Hall–Kier alpha value is -0.770. The lowest BCUT2D eigenvalue weighted by Crippen LogP contribution is -2.27. The minimum atomic E-state index is -0.728. The highest BCUT2D eigenvalue weighted by Crippen LogP contribution is 2.53. The molecular weight excluding hydrogens is 248 g/mol. The first-order valence-electron chi connectivity index (χ1n) is 6.70. The van der Waals surface area contributed by atoms with Crippen molar-refractivity contribution in [1.82, 2.24) is 0 Å². The maximum atomic E-state index is 11.1. The van der Waals surface area contributed by atoms with Crippen LogP contribution >= 0.6 is 11.8 Å². The van der Waals surface area contributed by atoms with Gasteiger partial charge < -0.3 is 9.90 Å². The first-order chi connectivity index (χ1) is 8.72. The highest BCUT2D eigenvalue weighted by atomic mass is 32.2. The fraction of sp³-hybridized carbons (Fsp3) is 0.714. The summed E-state index contributed by atoms with van der Waals surface area (Å²) in [5.74, 6) is 0.0355. The summed E-state index contributed by atoms with van der Waals surface area (Å²) in [5, 5.41) is 9.76. The summed E-state index contributed by atoms with van der Waals surface area (Å²) in [7, 11) is 0. The number of carbonyl (C=O) groups is 2. The van der Waals surface area contributed by atoms with Crippen LogP contribution in [-0.4, -0.2) is 27.9 Å². The number of hydrogen-bond donors (Lipinski definition) is 1. The van der Waals surface area contributed by atoms with Gasteiger partial charge in [-0.2, -0.15) is 11.8 Å². The van der Waals surface area contributed by atoms with Gasteiger partial charge in [-0.3, -0.25) is 4.79 Å². The third-order valence-electron chi connectivity index (χ3n) is 3.98. The maximum absolute atomic E-state index is 11.1. The van der Waals surface area contributed by atoms with E-state index in [0.717, 1.165) is 19.1 Å². The molecule has 2 saturated heterocycles.